The van der Waals surface area contributed by atoms with Gasteiger partial charge in [-0.2, -0.15) is 0 Å². The number of hydrogen-bond acceptors (Lipinski definition) is 4. The Morgan fingerprint density at radius 3 is 3.00 bits per heavy atom. The van der Waals surface area contributed by atoms with E-state index >= 15 is 0 Å². The number of aryl methyl sites for hydroxylation is 1. The highest BCUT2D eigenvalue weighted by molar-refractivity contribution is 7.09. The summed E-state index contributed by atoms with van der Waals surface area (Å²) in [5.74, 6) is 0.377. The number of carbonyl (C=O) groups excluding carboxylic acids is 1. The van der Waals surface area contributed by atoms with E-state index in [1.54, 1.807) is 23.5 Å². The maximum Gasteiger partial charge on any atom is 0.290 e. The first kappa shape index (κ1) is 11.5. The van der Waals surface area contributed by atoms with Gasteiger partial charge < -0.3 is 9.32 Å². The van der Waals surface area contributed by atoms with Crippen molar-refractivity contribution in [3.05, 3.63) is 40.2 Å². The van der Waals surface area contributed by atoms with Gasteiger partial charge in [-0.05, 0) is 31.9 Å². The lowest BCUT2D eigenvalue weighted by atomic mass is 10.3. The Hall–Kier alpha value is -1.62. The van der Waals surface area contributed by atoms with Crippen LogP contribution in [0, 0.1) is 6.92 Å². The van der Waals surface area contributed by atoms with Gasteiger partial charge in [0.2, 0.25) is 0 Å². The van der Waals surface area contributed by atoms with Crippen LogP contribution in [0.15, 0.2) is 28.2 Å². The van der Waals surface area contributed by atoms with E-state index in [1.165, 1.54) is 6.26 Å². The Kier molecular flexibility index (Phi) is 2.91. The van der Waals surface area contributed by atoms with E-state index < -0.39 is 0 Å². The lowest BCUT2D eigenvalue weighted by Crippen LogP contribution is -2.32. The van der Waals surface area contributed by atoms with E-state index in [2.05, 4.69) is 4.98 Å². The summed E-state index contributed by atoms with van der Waals surface area (Å²) in [6.07, 6.45) is 3.69. The SMILES string of the molecule is Cc1nc(CN(C(=O)c2ccco2)C2CC2)cs1. The molecule has 4 nitrogen and oxygen atoms in total. The average molecular weight is 262 g/mol. The molecular formula is C13H14N2O2S. The van der Waals surface area contributed by atoms with Crippen LogP contribution in [0.1, 0.15) is 34.1 Å². The Bertz CT molecular complexity index is 543. The number of aromatic nitrogens is 1. The zero-order chi connectivity index (χ0) is 12.5. The molecule has 2 heterocycles. The first-order valence-corrected chi connectivity index (χ1v) is 6.87. The standard InChI is InChI=1S/C13H14N2O2S/c1-9-14-10(8-18-9)7-15(11-4-5-11)13(16)12-3-2-6-17-12/h2-3,6,8,11H,4-5,7H2,1H3. The molecule has 0 atom stereocenters. The summed E-state index contributed by atoms with van der Waals surface area (Å²) in [5.41, 5.74) is 0.962. The van der Waals surface area contributed by atoms with Crippen molar-refractivity contribution in [2.75, 3.05) is 0 Å². The monoisotopic (exact) mass is 262 g/mol. The molecule has 5 heteroatoms. The fraction of sp³-hybridized carbons (Fsp3) is 0.385. The largest absolute Gasteiger partial charge is 0.459 e. The third-order valence-corrected chi connectivity index (χ3v) is 3.80. The molecule has 1 aliphatic rings. The molecule has 18 heavy (non-hydrogen) atoms. The minimum atomic E-state index is -0.0341. The van der Waals surface area contributed by atoms with Crippen molar-refractivity contribution in [2.45, 2.75) is 32.4 Å². The van der Waals surface area contributed by atoms with Crippen molar-refractivity contribution in [1.82, 2.24) is 9.88 Å². The highest BCUT2D eigenvalue weighted by Gasteiger charge is 2.34. The van der Waals surface area contributed by atoms with Gasteiger partial charge in [0, 0.05) is 11.4 Å². The summed E-state index contributed by atoms with van der Waals surface area (Å²) in [7, 11) is 0. The van der Waals surface area contributed by atoms with Gasteiger partial charge >= 0.3 is 0 Å². The van der Waals surface area contributed by atoms with Gasteiger partial charge in [0.15, 0.2) is 5.76 Å². The van der Waals surface area contributed by atoms with Crippen molar-refractivity contribution < 1.29 is 9.21 Å². The smallest absolute Gasteiger partial charge is 0.290 e. The van der Waals surface area contributed by atoms with E-state index in [1.807, 2.05) is 17.2 Å². The molecule has 94 valence electrons. The molecule has 0 spiro atoms. The van der Waals surface area contributed by atoms with Crippen LogP contribution < -0.4 is 0 Å². The van der Waals surface area contributed by atoms with Gasteiger partial charge in [0.1, 0.15) is 0 Å². The zero-order valence-corrected chi connectivity index (χ0v) is 10.9. The van der Waals surface area contributed by atoms with Crippen molar-refractivity contribution >= 4 is 17.2 Å². The number of amides is 1. The minimum Gasteiger partial charge on any atom is -0.459 e. The van der Waals surface area contributed by atoms with E-state index in [-0.39, 0.29) is 5.91 Å². The van der Waals surface area contributed by atoms with E-state index in [0.717, 1.165) is 23.5 Å². The predicted octanol–water partition coefficient (Wildman–Crippen LogP) is 2.85. The Labute approximate surface area is 109 Å². The molecule has 0 saturated heterocycles. The van der Waals surface area contributed by atoms with Crippen molar-refractivity contribution in [3.63, 3.8) is 0 Å². The first-order valence-electron chi connectivity index (χ1n) is 5.99. The lowest BCUT2D eigenvalue weighted by molar-refractivity contribution is 0.0695. The maximum absolute atomic E-state index is 12.3. The number of nitrogens with zero attached hydrogens (tertiary/aromatic N) is 2. The Morgan fingerprint density at radius 2 is 2.44 bits per heavy atom. The van der Waals surface area contributed by atoms with Gasteiger partial charge in [-0.1, -0.05) is 0 Å². The fourth-order valence-electron chi connectivity index (χ4n) is 1.95. The van der Waals surface area contributed by atoms with E-state index in [4.69, 9.17) is 4.42 Å². The number of rotatable bonds is 4. The molecule has 1 aliphatic carbocycles. The number of hydrogen-bond donors (Lipinski definition) is 0. The predicted molar refractivity (Wildman–Crippen MR) is 68.5 cm³/mol. The zero-order valence-electron chi connectivity index (χ0n) is 10.1. The van der Waals surface area contributed by atoms with Crippen molar-refractivity contribution in [2.24, 2.45) is 0 Å². The van der Waals surface area contributed by atoms with Gasteiger partial charge in [0.25, 0.3) is 5.91 Å². The summed E-state index contributed by atoms with van der Waals surface area (Å²) < 4.78 is 5.19. The van der Waals surface area contributed by atoms with Crippen LogP contribution in [0.2, 0.25) is 0 Å². The topological polar surface area (TPSA) is 46.3 Å². The van der Waals surface area contributed by atoms with Crippen LogP contribution in [-0.4, -0.2) is 21.8 Å². The summed E-state index contributed by atoms with van der Waals surface area (Å²) in [6.45, 7) is 2.55. The van der Waals surface area contributed by atoms with Crippen LogP contribution >= 0.6 is 11.3 Å². The number of thiazole rings is 1. The van der Waals surface area contributed by atoms with Gasteiger partial charge in [-0.3, -0.25) is 4.79 Å². The summed E-state index contributed by atoms with van der Waals surface area (Å²) >= 11 is 1.62. The van der Waals surface area contributed by atoms with Crippen LogP contribution in [0.25, 0.3) is 0 Å². The molecule has 1 amide bonds. The Balaban J connectivity index is 1.78. The molecule has 0 aliphatic heterocycles. The van der Waals surface area contributed by atoms with Crippen LogP contribution in [0.3, 0.4) is 0 Å². The van der Waals surface area contributed by atoms with Crippen LogP contribution in [0.4, 0.5) is 0 Å². The Morgan fingerprint density at radius 1 is 1.61 bits per heavy atom. The molecule has 2 aromatic heterocycles. The third kappa shape index (κ3) is 2.31. The molecule has 0 aromatic carbocycles. The second-order valence-electron chi connectivity index (χ2n) is 4.50. The summed E-state index contributed by atoms with van der Waals surface area (Å²) in [4.78, 5) is 18.6. The minimum absolute atomic E-state index is 0.0341. The van der Waals surface area contributed by atoms with Gasteiger partial charge in [0.05, 0.1) is 23.5 Å². The molecule has 0 bridgehead atoms. The highest BCUT2D eigenvalue weighted by Crippen LogP contribution is 2.30. The van der Waals surface area contributed by atoms with Crippen LogP contribution in [0.5, 0.6) is 0 Å². The van der Waals surface area contributed by atoms with E-state index in [9.17, 15) is 4.79 Å². The quantitative estimate of drug-likeness (QED) is 0.851. The van der Waals surface area contributed by atoms with Crippen LogP contribution in [-0.2, 0) is 6.54 Å². The van der Waals surface area contributed by atoms with Gasteiger partial charge in [-0.15, -0.1) is 11.3 Å². The lowest BCUT2D eigenvalue weighted by Gasteiger charge is -2.20. The summed E-state index contributed by atoms with van der Waals surface area (Å²) in [5, 5.41) is 3.05. The first-order chi connectivity index (χ1) is 8.74. The molecule has 1 saturated carbocycles. The normalized spacial score (nSPS) is 14.7. The fourth-order valence-corrected chi connectivity index (χ4v) is 2.55. The molecule has 0 N–H and O–H groups in total. The summed E-state index contributed by atoms with van der Waals surface area (Å²) in [6, 6.07) is 3.81. The number of furan rings is 1. The second kappa shape index (κ2) is 4.57. The third-order valence-electron chi connectivity index (χ3n) is 2.98. The van der Waals surface area contributed by atoms with Crippen molar-refractivity contribution in [3.8, 4) is 0 Å². The second-order valence-corrected chi connectivity index (χ2v) is 5.56. The molecule has 2 aromatic rings. The number of carbonyl (C=O) groups is 1. The molecule has 0 radical (unpaired) electrons. The highest BCUT2D eigenvalue weighted by atomic mass is 32.1. The maximum atomic E-state index is 12.3. The van der Waals surface area contributed by atoms with E-state index in [0.29, 0.717) is 18.3 Å². The molecule has 3 rings (SSSR count). The van der Waals surface area contributed by atoms with Crippen molar-refractivity contribution in [1.29, 1.82) is 0 Å². The average Bonchev–Trinajstić information content (AvgIpc) is 2.89. The van der Waals surface area contributed by atoms with Gasteiger partial charge in [-0.25, -0.2) is 4.98 Å². The molecule has 0 unspecified atom stereocenters. The molecule has 1 fully saturated rings. The molecular weight excluding hydrogens is 248 g/mol.